The fourth-order valence-corrected chi connectivity index (χ4v) is 3.97. The maximum atomic E-state index is 13.5. The normalized spacial score (nSPS) is 16.6. The number of ketones is 2. The number of nitrogens with zero attached hydrogens (tertiary/aromatic N) is 1. The van der Waals surface area contributed by atoms with Crippen molar-refractivity contribution >= 4 is 23.0 Å². The topological polar surface area (TPSA) is 94.4 Å². The average Bonchev–Trinajstić information content (AvgIpc) is 2.78. The predicted octanol–water partition coefficient (Wildman–Crippen LogP) is 4.10. The second-order valence-corrected chi connectivity index (χ2v) is 7.15. The molecule has 0 bridgehead atoms. The van der Waals surface area contributed by atoms with Crippen LogP contribution >= 0.6 is 0 Å². The van der Waals surface area contributed by atoms with Crippen LogP contribution < -0.4 is 9.47 Å². The van der Waals surface area contributed by atoms with Crippen LogP contribution in [-0.4, -0.2) is 43.7 Å². The highest BCUT2D eigenvalue weighted by Gasteiger charge is 2.40. The Balaban J connectivity index is 1.88. The Bertz CT molecular complexity index is 1220. The van der Waals surface area contributed by atoms with Crippen LogP contribution in [0.25, 0.3) is 0 Å². The van der Waals surface area contributed by atoms with Crippen molar-refractivity contribution in [1.82, 2.24) is 0 Å². The first-order chi connectivity index (χ1) is 14.9. The third kappa shape index (κ3) is 3.18. The number of hydrogen-bond acceptors (Lipinski definition) is 7. The van der Waals surface area contributed by atoms with E-state index in [1.807, 2.05) is 0 Å². The van der Waals surface area contributed by atoms with Crippen molar-refractivity contribution in [2.24, 2.45) is 4.99 Å². The average molecular weight is 419 g/mol. The minimum absolute atomic E-state index is 0.0171. The molecule has 2 aliphatic carbocycles. The molecular weight excluding hydrogens is 398 g/mol. The molecule has 0 saturated carbocycles. The van der Waals surface area contributed by atoms with Gasteiger partial charge in [-0.05, 0) is 25.1 Å². The number of allylic oxidation sites excluding steroid dienone is 3. The van der Waals surface area contributed by atoms with Gasteiger partial charge in [-0.1, -0.05) is 12.1 Å². The van der Waals surface area contributed by atoms with Gasteiger partial charge in [-0.2, -0.15) is 0 Å². The van der Waals surface area contributed by atoms with E-state index in [9.17, 15) is 14.7 Å². The molecule has 2 aromatic carbocycles. The summed E-state index contributed by atoms with van der Waals surface area (Å²) in [7, 11) is 4.38. The minimum atomic E-state index is -0.345. The lowest BCUT2D eigenvalue weighted by Gasteiger charge is -2.27. The summed E-state index contributed by atoms with van der Waals surface area (Å²) in [6.45, 7) is 1.77. The zero-order valence-corrected chi connectivity index (χ0v) is 17.6. The van der Waals surface area contributed by atoms with E-state index < -0.39 is 0 Å². The number of aromatic hydroxyl groups is 1. The first kappa shape index (κ1) is 20.4. The summed E-state index contributed by atoms with van der Waals surface area (Å²) in [5.74, 6) is 0.375. The van der Waals surface area contributed by atoms with Gasteiger partial charge in [0.15, 0.2) is 5.78 Å². The molecule has 0 radical (unpaired) electrons. The summed E-state index contributed by atoms with van der Waals surface area (Å²) in [6.07, 6.45) is 1.74. The lowest BCUT2D eigenvalue weighted by molar-refractivity contribution is 0.0963. The highest BCUT2D eigenvalue weighted by Crippen LogP contribution is 2.43. The van der Waals surface area contributed by atoms with E-state index in [1.165, 1.54) is 27.4 Å². The van der Waals surface area contributed by atoms with E-state index in [0.29, 0.717) is 34.0 Å². The zero-order chi connectivity index (χ0) is 22.3. The van der Waals surface area contributed by atoms with Crippen LogP contribution in [-0.2, 0) is 4.74 Å². The number of benzene rings is 2. The molecule has 158 valence electrons. The third-order valence-corrected chi connectivity index (χ3v) is 5.45. The Hall–Kier alpha value is -3.87. The van der Waals surface area contributed by atoms with Gasteiger partial charge in [0.05, 0.1) is 32.5 Å². The van der Waals surface area contributed by atoms with E-state index in [-0.39, 0.29) is 46.2 Å². The summed E-state index contributed by atoms with van der Waals surface area (Å²) < 4.78 is 16.3. The number of carbonyl (C=O) groups is 2. The number of phenolic OH excluding ortho intramolecular Hbond substituents is 1. The van der Waals surface area contributed by atoms with Gasteiger partial charge in [-0.25, -0.2) is 4.99 Å². The second-order valence-electron chi connectivity index (χ2n) is 7.15. The van der Waals surface area contributed by atoms with Crippen LogP contribution in [0, 0.1) is 6.92 Å². The Labute approximate surface area is 179 Å². The summed E-state index contributed by atoms with van der Waals surface area (Å²) in [6, 6.07) is 8.20. The highest BCUT2D eigenvalue weighted by atomic mass is 16.5. The quantitative estimate of drug-likeness (QED) is 0.802. The predicted molar refractivity (Wildman–Crippen MR) is 115 cm³/mol. The standard InChI is InChI=1S/C24H21NO6/c1-12-18(29-2)11-15-21(24(12)31-4)23(28)20-14(22(15)27)9-13(10-19(20)30-3)25-16-7-5-6-8-17(16)26/h5-8,10-11,26H,9H2,1-4H3. The summed E-state index contributed by atoms with van der Waals surface area (Å²) in [5, 5.41) is 10.0. The molecule has 0 amide bonds. The number of para-hydroxylation sites is 2. The molecule has 1 N–H and O–H groups in total. The van der Waals surface area contributed by atoms with E-state index in [2.05, 4.69) is 4.99 Å². The van der Waals surface area contributed by atoms with Crippen LogP contribution in [0.5, 0.6) is 17.2 Å². The number of carbonyl (C=O) groups excluding carboxylic acids is 2. The molecule has 0 saturated heterocycles. The second kappa shape index (κ2) is 7.75. The number of fused-ring (bicyclic) bond motifs is 1. The minimum Gasteiger partial charge on any atom is -0.506 e. The number of rotatable bonds is 4. The number of phenols is 1. The Kier molecular flexibility index (Phi) is 5.10. The lowest BCUT2D eigenvalue weighted by Crippen LogP contribution is -2.28. The van der Waals surface area contributed by atoms with E-state index >= 15 is 0 Å². The van der Waals surface area contributed by atoms with Gasteiger partial charge in [0, 0.05) is 34.9 Å². The van der Waals surface area contributed by atoms with Gasteiger partial charge in [0.1, 0.15) is 28.7 Å². The fraction of sp³-hybridized carbons (Fsp3) is 0.208. The first-order valence-corrected chi connectivity index (χ1v) is 9.61. The SMILES string of the molecule is COC1=CC(=Nc2ccccc2O)CC2=C1C(=O)c1c(cc(OC)c(C)c1OC)C2=O. The Morgan fingerprint density at radius 2 is 1.74 bits per heavy atom. The van der Waals surface area contributed by atoms with Crippen molar-refractivity contribution < 1.29 is 28.9 Å². The molecule has 2 aliphatic rings. The number of aliphatic imine (C=N–C) groups is 1. The lowest BCUT2D eigenvalue weighted by atomic mass is 9.77. The molecule has 4 rings (SSSR count). The fourth-order valence-electron chi connectivity index (χ4n) is 3.97. The molecule has 0 aliphatic heterocycles. The molecule has 7 nitrogen and oxygen atoms in total. The Morgan fingerprint density at radius 1 is 1.00 bits per heavy atom. The summed E-state index contributed by atoms with van der Waals surface area (Å²) in [4.78, 5) is 31.4. The number of methoxy groups -OCH3 is 3. The molecule has 0 spiro atoms. The van der Waals surface area contributed by atoms with Gasteiger partial charge in [-0.15, -0.1) is 0 Å². The highest BCUT2D eigenvalue weighted by molar-refractivity contribution is 6.32. The van der Waals surface area contributed by atoms with Crippen molar-refractivity contribution in [3.63, 3.8) is 0 Å². The van der Waals surface area contributed by atoms with E-state index in [4.69, 9.17) is 14.2 Å². The van der Waals surface area contributed by atoms with Crippen LogP contribution in [0.3, 0.4) is 0 Å². The Morgan fingerprint density at radius 3 is 2.39 bits per heavy atom. The molecule has 31 heavy (non-hydrogen) atoms. The number of hydrogen-bond donors (Lipinski definition) is 1. The van der Waals surface area contributed by atoms with Crippen LogP contribution in [0.2, 0.25) is 0 Å². The van der Waals surface area contributed by atoms with Gasteiger partial charge in [0.2, 0.25) is 5.78 Å². The maximum Gasteiger partial charge on any atom is 0.201 e. The summed E-state index contributed by atoms with van der Waals surface area (Å²) >= 11 is 0. The monoisotopic (exact) mass is 419 g/mol. The molecule has 0 fully saturated rings. The third-order valence-electron chi connectivity index (χ3n) is 5.45. The van der Waals surface area contributed by atoms with Crippen molar-refractivity contribution in [2.75, 3.05) is 21.3 Å². The zero-order valence-electron chi connectivity index (χ0n) is 17.6. The largest absolute Gasteiger partial charge is 0.506 e. The molecule has 0 atom stereocenters. The molecule has 0 aromatic heterocycles. The van der Waals surface area contributed by atoms with Crippen molar-refractivity contribution in [1.29, 1.82) is 0 Å². The first-order valence-electron chi connectivity index (χ1n) is 9.61. The van der Waals surface area contributed by atoms with Crippen LogP contribution in [0.4, 0.5) is 5.69 Å². The van der Waals surface area contributed by atoms with Crippen molar-refractivity contribution in [2.45, 2.75) is 13.3 Å². The molecule has 0 heterocycles. The van der Waals surface area contributed by atoms with Gasteiger partial charge >= 0.3 is 0 Å². The van der Waals surface area contributed by atoms with Crippen LogP contribution in [0.1, 0.15) is 32.7 Å². The molecule has 2 aromatic rings. The van der Waals surface area contributed by atoms with E-state index in [0.717, 1.165) is 0 Å². The molecule has 7 heteroatoms. The van der Waals surface area contributed by atoms with E-state index in [1.54, 1.807) is 37.3 Å². The molecular formula is C24H21NO6. The van der Waals surface area contributed by atoms with Gasteiger partial charge in [0.25, 0.3) is 0 Å². The number of Topliss-reactive ketones (excluding diaryl/α,β-unsaturated/α-hetero) is 2. The van der Waals surface area contributed by atoms with Crippen molar-refractivity contribution in [3.8, 4) is 17.2 Å². The van der Waals surface area contributed by atoms with Crippen molar-refractivity contribution in [3.05, 3.63) is 70.0 Å². The summed E-state index contributed by atoms with van der Waals surface area (Å²) in [5.41, 5.74) is 2.42. The maximum absolute atomic E-state index is 13.5. The molecule has 0 unspecified atom stereocenters. The number of ether oxygens (including phenoxy) is 3. The van der Waals surface area contributed by atoms with Crippen LogP contribution in [0.15, 0.2) is 58.3 Å². The smallest absolute Gasteiger partial charge is 0.201 e. The van der Waals surface area contributed by atoms with Gasteiger partial charge in [-0.3, -0.25) is 9.59 Å². The van der Waals surface area contributed by atoms with Gasteiger partial charge < -0.3 is 19.3 Å².